The molecule has 6 heteroatoms. The molecule has 0 spiro atoms. The van der Waals surface area contributed by atoms with Crippen molar-refractivity contribution in [3.8, 4) is 5.75 Å². The van der Waals surface area contributed by atoms with Crippen LogP contribution in [0, 0.1) is 0 Å². The number of methoxy groups -OCH3 is 1. The van der Waals surface area contributed by atoms with Gasteiger partial charge in [0.05, 0.1) is 7.11 Å². The molecule has 1 fully saturated rings. The van der Waals surface area contributed by atoms with Gasteiger partial charge in [-0.05, 0) is 37.0 Å². The fourth-order valence-corrected chi connectivity index (χ4v) is 2.87. The molecule has 1 aliphatic carbocycles. The fourth-order valence-electron chi connectivity index (χ4n) is 2.87. The number of nitrogens with one attached hydrogen (secondary N) is 3. The van der Waals surface area contributed by atoms with E-state index < -0.39 is 0 Å². The zero-order valence-electron chi connectivity index (χ0n) is 14.3. The van der Waals surface area contributed by atoms with Crippen LogP contribution in [0.25, 0.3) is 0 Å². The maximum absolute atomic E-state index is 11.7. The Balaban J connectivity index is 1.55. The molecular weight excluding hydrogens is 306 g/mol. The van der Waals surface area contributed by atoms with Crippen molar-refractivity contribution in [2.45, 2.75) is 44.6 Å². The van der Waals surface area contributed by atoms with Gasteiger partial charge in [0.1, 0.15) is 5.75 Å². The molecular formula is C18H27N3O3. The maximum atomic E-state index is 11.7. The van der Waals surface area contributed by atoms with E-state index in [-0.39, 0.29) is 11.9 Å². The zero-order valence-corrected chi connectivity index (χ0v) is 14.3. The molecule has 0 unspecified atom stereocenters. The van der Waals surface area contributed by atoms with Crippen LogP contribution in [-0.2, 0) is 11.2 Å². The lowest BCUT2D eigenvalue weighted by molar-refractivity contribution is -0.121. The van der Waals surface area contributed by atoms with Crippen molar-refractivity contribution in [2.75, 3.05) is 20.2 Å². The average molecular weight is 333 g/mol. The van der Waals surface area contributed by atoms with Crippen LogP contribution in [0.15, 0.2) is 24.3 Å². The summed E-state index contributed by atoms with van der Waals surface area (Å²) in [6.07, 6.45) is 5.58. The lowest BCUT2D eigenvalue weighted by Gasteiger charge is -2.12. The van der Waals surface area contributed by atoms with Crippen LogP contribution in [-0.4, -0.2) is 38.2 Å². The van der Waals surface area contributed by atoms with Crippen molar-refractivity contribution in [3.05, 3.63) is 29.8 Å². The van der Waals surface area contributed by atoms with Gasteiger partial charge in [-0.15, -0.1) is 0 Å². The summed E-state index contributed by atoms with van der Waals surface area (Å²) in [5.41, 5.74) is 1.10. The molecule has 0 saturated heterocycles. The Morgan fingerprint density at radius 1 is 1.17 bits per heavy atom. The molecule has 3 N–H and O–H groups in total. The van der Waals surface area contributed by atoms with E-state index in [4.69, 9.17) is 4.74 Å². The Morgan fingerprint density at radius 3 is 2.67 bits per heavy atom. The van der Waals surface area contributed by atoms with E-state index in [1.54, 1.807) is 7.11 Å². The highest BCUT2D eigenvalue weighted by Crippen LogP contribution is 2.17. The van der Waals surface area contributed by atoms with E-state index in [0.717, 1.165) is 30.6 Å². The van der Waals surface area contributed by atoms with Gasteiger partial charge in [-0.25, -0.2) is 4.79 Å². The van der Waals surface area contributed by atoms with E-state index in [0.29, 0.717) is 25.6 Å². The van der Waals surface area contributed by atoms with Crippen LogP contribution in [0.4, 0.5) is 4.79 Å². The molecule has 0 atom stereocenters. The molecule has 0 radical (unpaired) electrons. The summed E-state index contributed by atoms with van der Waals surface area (Å²) < 4.78 is 5.17. The largest absolute Gasteiger partial charge is 0.497 e. The van der Waals surface area contributed by atoms with Crippen molar-refractivity contribution in [3.63, 3.8) is 0 Å². The summed E-state index contributed by atoms with van der Waals surface area (Å²) in [6, 6.07) is 7.85. The number of carbonyl (C=O) groups is 2. The van der Waals surface area contributed by atoms with Crippen molar-refractivity contribution in [1.29, 1.82) is 0 Å². The molecule has 1 aliphatic rings. The average Bonchev–Trinajstić information content (AvgIpc) is 3.08. The fraction of sp³-hybridized carbons (Fsp3) is 0.556. The lowest BCUT2D eigenvalue weighted by Crippen LogP contribution is -2.39. The Hall–Kier alpha value is -2.24. The quantitative estimate of drug-likeness (QED) is 0.681. The third-order valence-electron chi connectivity index (χ3n) is 4.19. The lowest BCUT2D eigenvalue weighted by atomic mass is 10.1. The van der Waals surface area contributed by atoms with Crippen LogP contribution in [0.5, 0.6) is 5.75 Å². The molecule has 0 bridgehead atoms. The zero-order chi connectivity index (χ0) is 17.2. The topological polar surface area (TPSA) is 79.5 Å². The standard InChI is InChI=1S/C18H27N3O3/c1-24-16-8-4-5-14(13-16)9-11-19-18(23)20-12-10-17(22)21-15-6-2-3-7-15/h4-5,8,13,15H,2-3,6-7,9-12H2,1H3,(H,21,22)(H2,19,20,23). The van der Waals surface area contributed by atoms with Crippen LogP contribution in [0.2, 0.25) is 0 Å². The van der Waals surface area contributed by atoms with Gasteiger partial charge >= 0.3 is 6.03 Å². The number of urea groups is 1. The van der Waals surface area contributed by atoms with Gasteiger partial charge in [-0.1, -0.05) is 25.0 Å². The predicted octanol–water partition coefficient (Wildman–Crippen LogP) is 1.99. The summed E-state index contributed by atoms with van der Waals surface area (Å²) >= 11 is 0. The van der Waals surface area contributed by atoms with Crippen molar-refractivity contribution < 1.29 is 14.3 Å². The molecule has 0 aliphatic heterocycles. The maximum Gasteiger partial charge on any atom is 0.314 e. The van der Waals surface area contributed by atoms with Gasteiger partial charge in [-0.2, -0.15) is 0 Å². The number of benzene rings is 1. The summed E-state index contributed by atoms with van der Waals surface area (Å²) in [5, 5.41) is 8.51. The Morgan fingerprint density at radius 2 is 1.92 bits per heavy atom. The number of hydrogen-bond donors (Lipinski definition) is 3. The first kappa shape index (κ1) is 18.1. The number of carbonyl (C=O) groups excluding carboxylic acids is 2. The summed E-state index contributed by atoms with van der Waals surface area (Å²) in [4.78, 5) is 23.4. The second kappa shape index (κ2) is 9.80. The highest BCUT2D eigenvalue weighted by Gasteiger charge is 2.16. The Kier molecular flexibility index (Phi) is 7.39. The number of amides is 3. The van der Waals surface area contributed by atoms with E-state index >= 15 is 0 Å². The summed E-state index contributed by atoms with van der Waals surface area (Å²) in [5.74, 6) is 0.823. The first-order chi connectivity index (χ1) is 11.7. The molecule has 2 rings (SSSR count). The number of ether oxygens (including phenoxy) is 1. The SMILES string of the molecule is COc1cccc(CCNC(=O)NCCC(=O)NC2CCCC2)c1. The van der Waals surface area contributed by atoms with Gasteiger partial charge in [0.2, 0.25) is 5.91 Å². The van der Waals surface area contributed by atoms with Crippen LogP contribution in [0.3, 0.4) is 0 Å². The van der Waals surface area contributed by atoms with Gasteiger partial charge < -0.3 is 20.7 Å². The third kappa shape index (κ3) is 6.48. The molecule has 0 aromatic heterocycles. The molecule has 24 heavy (non-hydrogen) atoms. The molecule has 1 aromatic carbocycles. The van der Waals surface area contributed by atoms with Crippen molar-refractivity contribution in [1.82, 2.24) is 16.0 Å². The third-order valence-corrected chi connectivity index (χ3v) is 4.19. The molecule has 6 nitrogen and oxygen atoms in total. The van der Waals surface area contributed by atoms with Crippen molar-refractivity contribution in [2.24, 2.45) is 0 Å². The monoisotopic (exact) mass is 333 g/mol. The second-order valence-electron chi connectivity index (χ2n) is 6.08. The highest BCUT2D eigenvalue weighted by molar-refractivity contribution is 5.78. The summed E-state index contributed by atoms with van der Waals surface area (Å²) in [6.45, 7) is 0.886. The summed E-state index contributed by atoms with van der Waals surface area (Å²) in [7, 11) is 1.63. The van der Waals surface area contributed by atoms with E-state index in [1.807, 2.05) is 24.3 Å². The number of rotatable bonds is 8. The van der Waals surface area contributed by atoms with E-state index in [9.17, 15) is 9.59 Å². The predicted molar refractivity (Wildman–Crippen MR) is 93.1 cm³/mol. The van der Waals surface area contributed by atoms with Crippen LogP contribution in [0.1, 0.15) is 37.7 Å². The Labute approximate surface area is 143 Å². The van der Waals surface area contributed by atoms with Gasteiger partial charge in [0, 0.05) is 25.6 Å². The van der Waals surface area contributed by atoms with E-state index in [1.165, 1.54) is 12.8 Å². The number of hydrogen-bond acceptors (Lipinski definition) is 3. The minimum Gasteiger partial charge on any atom is -0.497 e. The highest BCUT2D eigenvalue weighted by atomic mass is 16.5. The minimum absolute atomic E-state index is 0.0126. The van der Waals surface area contributed by atoms with Gasteiger partial charge in [0.15, 0.2) is 0 Å². The molecule has 1 saturated carbocycles. The Bertz CT molecular complexity index is 542. The first-order valence-corrected chi connectivity index (χ1v) is 8.61. The molecule has 132 valence electrons. The molecule has 1 aromatic rings. The van der Waals surface area contributed by atoms with Crippen molar-refractivity contribution >= 4 is 11.9 Å². The van der Waals surface area contributed by atoms with Gasteiger partial charge in [-0.3, -0.25) is 4.79 Å². The van der Waals surface area contributed by atoms with Crippen LogP contribution >= 0.6 is 0 Å². The van der Waals surface area contributed by atoms with Crippen LogP contribution < -0.4 is 20.7 Å². The first-order valence-electron chi connectivity index (χ1n) is 8.61. The molecule has 3 amide bonds. The second-order valence-corrected chi connectivity index (χ2v) is 6.08. The normalized spacial score (nSPS) is 14.2. The van der Waals surface area contributed by atoms with Gasteiger partial charge in [0.25, 0.3) is 0 Å². The smallest absolute Gasteiger partial charge is 0.314 e. The van der Waals surface area contributed by atoms with E-state index in [2.05, 4.69) is 16.0 Å². The minimum atomic E-state index is -0.244. The molecule has 0 heterocycles.